The predicted octanol–water partition coefficient (Wildman–Crippen LogP) is 1.94. The number of ether oxygens (including phenoxy) is 1. The van der Waals surface area contributed by atoms with Crippen molar-refractivity contribution in [2.24, 2.45) is 0 Å². The van der Waals surface area contributed by atoms with Crippen LogP contribution in [0.15, 0.2) is 35.1 Å². The lowest BCUT2D eigenvalue weighted by Crippen LogP contribution is -2.27. The lowest BCUT2D eigenvalue weighted by Gasteiger charge is -2.20. The number of fused-ring (bicyclic) bond motifs is 2. The van der Waals surface area contributed by atoms with Crippen LogP contribution in [-0.2, 0) is 19.4 Å². The van der Waals surface area contributed by atoms with Crippen molar-refractivity contribution in [3.05, 3.63) is 63.2 Å². The zero-order valence-electron chi connectivity index (χ0n) is 14.6. The molecule has 0 unspecified atom stereocenters. The second-order valence-electron chi connectivity index (χ2n) is 6.56. The van der Waals surface area contributed by atoms with Crippen LogP contribution in [0.3, 0.4) is 0 Å². The Hall–Kier alpha value is -2.60. The molecule has 0 amide bonds. The SMILES string of the molecule is COc1ccccc1CN1CCc2nc3cc(C)[nH]n3c(=O)c2CC1. The Kier molecular flexibility index (Phi) is 4.05. The summed E-state index contributed by atoms with van der Waals surface area (Å²) >= 11 is 0. The fourth-order valence-electron chi connectivity index (χ4n) is 3.56. The molecule has 0 saturated carbocycles. The Labute approximate surface area is 146 Å². The van der Waals surface area contributed by atoms with E-state index in [9.17, 15) is 4.79 Å². The van der Waals surface area contributed by atoms with E-state index in [0.717, 1.165) is 55.2 Å². The molecule has 2 aromatic heterocycles. The Morgan fingerprint density at radius 2 is 2.04 bits per heavy atom. The number of rotatable bonds is 3. The number of benzene rings is 1. The van der Waals surface area contributed by atoms with Crippen molar-refractivity contribution in [1.82, 2.24) is 19.5 Å². The Bertz CT molecular complexity index is 973. The van der Waals surface area contributed by atoms with Crippen molar-refractivity contribution >= 4 is 5.65 Å². The number of aromatic nitrogens is 3. The van der Waals surface area contributed by atoms with Crippen molar-refractivity contribution in [2.45, 2.75) is 26.3 Å². The first-order valence-corrected chi connectivity index (χ1v) is 8.60. The predicted molar refractivity (Wildman–Crippen MR) is 96.2 cm³/mol. The Morgan fingerprint density at radius 3 is 2.88 bits per heavy atom. The lowest BCUT2D eigenvalue weighted by atomic mass is 10.1. The van der Waals surface area contributed by atoms with Gasteiger partial charge < -0.3 is 4.74 Å². The maximum Gasteiger partial charge on any atom is 0.276 e. The van der Waals surface area contributed by atoms with E-state index >= 15 is 0 Å². The van der Waals surface area contributed by atoms with Gasteiger partial charge in [-0.25, -0.2) is 9.50 Å². The number of hydrogen-bond donors (Lipinski definition) is 1. The summed E-state index contributed by atoms with van der Waals surface area (Å²) in [5, 5.41) is 3.07. The molecule has 4 rings (SSSR count). The summed E-state index contributed by atoms with van der Waals surface area (Å²) < 4.78 is 7.02. The van der Waals surface area contributed by atoms with Gasteiger partial charge in [0.25, 0.3) is 5.56 Å². The van der Waals surface area contributed by atoms with Gasteiger partial charge in [0, 0.05) is 48.9 Å². The zero-order valence-corrected chi connectivity index (χ0v) is 14.6. The van der Waals surface area contributed by atoms with E-state index in [2.05, 4.69) is 16.1 Å². The Morgan fingerprint density at radius 1 is 1.24 bits per heavy atom. The zero-order chi connectivity index (χ0) is 17.4. The van der Waals surface area contributed by atoms with Crippen LogP contribution in [0.5, 0.6) is 5.75 Å². The number of H-pyrrole nitrogens is 1. The van der Waals surface area contributed by atoms with Crippen LogP contribution < -0.4 is 10.3 Å². The molecule has 130 valence electrons. The highest BCUT2D eigenvalue weighted by Gasteiger charge is 2.20. The van der Waals surface area contributed by atoms with Gasteiger partial charge >= 0.3 is 0 Å². The van der Waals surface area contributed by atoms with Crippen LogP contribution in [0.4, 0.5) is 0 Å². The van der Waals surface area contributed by atoms with E-state index in [0.29, 0.717) is 5.65 Å². The van der Waals surface area contributed by atoms with Crippen LogP contribution in [0.2, 0.25) is 0 Å². The minimum atomic E-state index is 0.0345. The van der Waals surface area contributed by atoms with Gasteiger partial charge in [-0.15, -0.1) is 0 Å². The highest BCUT2D eigenvalue weighted by molar-refractivity contribution is 5.42. The molecule has 0 aliphatic carbocycles. The average Bonchev–Trinajstić information content (AvgIpc) is 2.87. The normalized spacial score (nSPS) is 15.1. The van der Waals surface area contributed by atoms with Crippen LogP contribution >= 0.6 is 0 Å². The van der Waals surface area contributed by atoms with Gasteiger partial charge in [-0.3, -0.25) is 14.8 Å². The van der Waals surface area contributed by atoms with E-state index in [-0.39, 0.29) is 5.56 Å². The maximum absolute atomic E-state index is 12.8. The molecule has 0 fully saturated rings. The second-order valence-corrected chi connectivity index (χ2v) is 6.56. The van der Waals surface area contributed by atoms with Gasteiger partial charge in [0.2, 0.25) is 0 Å². The number of methoxy groups -OCH3 is 1. The summed E-state index contributed by atoms with van der Waals surface area (Å²) in [6.07, 6.45) is 1.51. The molecule has 0 atom stereocenters. The molecule has 6 nitrogen and oxygen atoms in total. The van der Waals surface area contributed by atoms with Crippen molar-refractivity contribution < 1.29 is 4.74 Å². The third kappa shape index (κ3) is 2.93. The standard InChI is InChI=1S/C19H22N4O2/c1-13-11-18-20-16-8-10-22(9-7-15(16)19(24)23(18)21-13)12-14-5-3-4-6-17(14)25-2/h3-6,11,21H,7-10,12H2,1-2H3. The van der Waals surface area contributed by atoms with Crippen LogP contribution in [-0.4, -0.2) is 39.7 Å². The van der Waals surface area contributed by atoms with Gasteiger partial charge in [-0.05, 0) is 19.4 Å². The Balaban J connectivity index is 1.60. The summed E-state index contributed by atoms with van der Waals surface area (Å²) in [4.78, 5) is 19.8. The number of aromatic amines is 1. The first-order chi connectivity index (χ1) is 12.2. The number of nitrogens with one attached hydrogen (secondary N) is 1. The average molecular weight is 338 g/mol. The highest BCUT2D eigenvalue weighted by Crippen LogP contribution is 2.21. The molecule has 1 aromatic carbocycles. The molecule has 3 heterocycles. The molecule has 1 N–H and O–H groups in total. The molecular formula is C19H22N4O2. The second kappa shape index (κ2) is 6.37. The van der Waals surface area contributed by atoms with E-state index in [4.69, 9.17) is 9.72 Å². The molecule has 3 aromatic rings. The molecule has 0 saturated heterocycles. The van der Waals surface area contributed by atoms with Gasteiger partial charge in [-0.1, -0.05) is 18.2 Å². The topological polar surface area (TPSA) is 62.6 Å². The number of hydrogen-bond acceptors (Lipinski definition) is 4. The first-order valence-electron chi connectivity index (χ1n) is 8.60. The lowest BCUT2D eigenvalue weighted by molar-refractivity contribution is 0.273. The summed E-state index contributed by atoms with van der Waals surface area (Å²) in [5.41, 5.74) is 4.63. The molecule has 0 radical (unpaired) electrons. The third-order valence-electron chi connectivity index (χ3n) is 4.85. The highest BCUT2D eigenvalue weighted by atomic mass is 16.5. The van der Waals surface area contributed by atoms with Gasteiger partial charge in [0.15, 0.2) is 5.65 Å². The molecule has 1 aliphatic heterocycles. The quantitative estimate of drug-likeness (QED) is 0.793. The molecule has 6 heteroatoms. The van der Waals surface area contributed by atoms with E-state index in [1.165, 1.54) is 5.56 Å². The molecule has 0 bridgehead atoms. The first kappa shape index (κ1) is 15.9. The number of nitrogens with zero attached hydrogens (tertiary/aromatic N) is 3. The monoisotopic (exact) mass is 338 g/mol. The molecule has 25 heavy (non-hydrogen) atoms. The third-order valence-corrected chi connectivity index (χ3v) is 4.85. The number of aryl methyl sites for hydroxylation is 1. The molecule has 0 spiro atoms. The number of para-hydroxylation sites is 1. The van der Waals surface area contributed by atoms with Gasteiger partial charge in [0.1, 0.15) is 5.75 Å². The van der Waals surface area contributed by atoms with Crippen LogP contribution in [0.25, 0.3) is 5.65 Å². The van der Waals surface area contributed by atoms with E-state index in [1.807, 2.05) is 31.2 Å². The minimum absolute atomic E-state index is 0.0345. The largest absolute Gasteiger partial charge is 0.496 e. The van der Waals surface area contributed by atoms with Crippen molar-refractivity contribution in [3.8, 4) is 5.75 Å². The summed E-state index contributed by atoms with van der Waals surface area (Å²) in [5.74, 6) is 0.909. The van der Waals surface area contributed by atoms with Gasteiger partial charge in [-0.2, -0.15) is 0 Å². The molecular weight excluding hydrogens is 316 g/mol. The van der Waals surface area contributed by atoms with Crippen molar-refractivity contribution in [3.63, 3.8) is 0 Å². The summed E-state index contributed by atoms with van der Waals surface area (Å²) in [7, 11) is 1.70. The van der Waals surface area contributed by atoms with Crippen molar-refractivity contribution in [2.75, 3.05) is 20.2 Å². The smallest absolute Gasteiger partial charge is 0.276 e. The minimum Gasteiger partial charge on any atom is -0.496 e. The van der Waals surface area contributed by atoms with E-state index in [1.54, 1.807) is 11.6 Å². The van der Waals surface area contributed by atoms with Crippen LogP contribution in [0.1, 0.15) is 22.5 Å². The van der Waals surface area contributed by atoms with Gasteiger partial charge in [0.05, 0.1) is 12.8 Å². The van der Waals surface area contributed by atoms with Crippen molar-refractivity contribution in [1.29, 1.82) is 0 Å². The molecule has 1 aliphatic rings. The van der Waals surface area contributed by atoms with E-state index < -0.39 is 0 Å². The fourth-order valence-corrected chi connectivity index (χ4v) is 3.56. The fraction of sp³-hybridized carbons (Fsp3) is 0.368. The summed E-state index contributed by atoms with van der Waals surface area (Å²) in [6, 6.07) is 10.0. The summed E-state index contributed by atoms with van der Waals surface area (Å²) in [6.45, 7) is 4.48. The van der Waals surface area contributed by atoms with Crippen LogP contribution in [0, 0.1) is 6.92 Å². The maximum atomic E-state index is 12.8.